The normalized spacial score (nSPS) is 10.2. The maximum absolute atomic E-state index is 12.7. The van der Waals surface area contributed by atoms with Crippen LogP contribution in [0.25, 0.3) is 0 Å². The monoisotopic (exact) mass is 384 g/mol. The molecule has 0 unspecified atom stereocenters. The minimum absolute atomic E-state index is 0.175. The average molecular weight is 384 g/mol. The van der Waals surface area contributed by atoms with Crippen molar-refractivity contribution in [1.82, 2.24) is 5.32 Å². The number of ether oxygens (including phenoxy) is 2. The lowest BCUT2D eigenvalue weighted by atomic mass is 10.1. The molecular formula is C22H28N2O4. The number of hydrogen-bond donors (Lipinski definition) is 2. The van der Waals surface area contributed by atoms with Gasteiger partial charge in [0.25, 0.3) is 11.8 Å². The Kier molecular flexibility index (Phi) is 8.34. The summed E-state index contributed by atoms with van der Waals surface area (Å²) in [6.07, 6.45) is 1.74. The van der Waals surface area contributed by atoms with Gasteiger partial charge in [-0.25, -0.2) is 0 Å². The molecule has 2 aromatic rings. The van der Waals surface area contributed by atoms with Gasteiger partial charge in [0.1, 0.15) is 0 Å². The minimum atomic E-state index is -0.281. The third-order valence-electron chi connectivity index (χ3n) is 3.85. The molecule has 0 radical (unpaired) electrons. The molecule has 150 valence electrons. The van der Waals surface area contributed by atoms with Gasteiger partial charge in [-0.2, -0.15) is 0 Å². The first-order chi connectivity index (χ1) is 13.6. The molecule has 2 amide bonds. The maximum atomic E-state index is 12.7. The number of benzene rings is 2. The van der Waals surface area contributed by atoms with E-state index in [2.05, 4.69) is 10.6 Å². The number of rotatable bonds is 10. The lowest BCUT2D eigenvalue weighted by Crippen LogP contribution is -2.22. The Morgan fingerprint density at radius 2 is 1.50 bits per heavy atom. The number of anilines is 1. The van der Waals surface area contributed by atoms with E-state index in [-0.39, 0.29) is 11.8 Å². The molecule has 0 atom stereocenters. The van der Waals surface area contributed by atoms with Gasteiger partial charge in [0.05, 0.1) is 13.2 Å². The average Bonchev–Trinajstić information content (AvgIpc) is 2.71. The van der Waals surface area contributed by atoms with Gasteiger partial charge < -0.3 is 20.1 Å². The Morgan fingerprint density at radius 3 is 2.18 bits per heavy atom. The van der Waals surface area contributed by atoms with Gasteiger partial charge in [-0.1, -0.05) is 19.9 Å². The summed E-state index contributed by atoms with van der Waals surface area (Å²) in [5, 5.41) is 5.57. The van der Waals surface area contributed by atoms with Crippen molar-refractivity contribution in [2.24, 2.45) is 0 Å². The van der Waals surface area contributed by atoms with Crippen LogP contribution in [-0.2, 0) is 0 Å². The lowest BCUT2D eigenvalue weighted by Gasteiger charge is -2.14. The summed E-state index contributed by atoms with van der Waals surface area (Å²) in [4.78, 5) is 24.6. The molecule has 28 heavy (non-hydrogen) atoms. The molecule has 2 aromatic carbocycles. The van der Waals surface area contributed by atoms with Crippen LogP contribution < -0.4 is 20.1 Å². The van der Waals surface area contributed by atoms with E-state index in [0.29, 0.717) is 48.1 Å². The van der Waals surface area contributed by atoms with Crippen LogP contribution in [-0.4, -0.2) is 31.6 Å². The van der Waals surface area contributed by atoms with Crippen LogP contribution >= 0.6 is 0 Å². The van der Waals surface area contributed by atoms with Gasteiger partial charge in [0, 0.05) is 23.4 Å². The Labute approximate surface area is 166 Å². The van der Waals surface area contributed by atoms with Crippen molar-refractivity contribution >= 4 is 17.5 Å². The highest BCUT2D eigenvalue weighted by Crippen LogP contribution is 2.29. The van der Waals surface area contributed by atoms with E-state index in [1.807, 2.05) is 20.8 Å². The van der Waals surface area contributed by atoms with Crippen molar-refractivity contribution in [3.8, 4) is 11.5 Å². The third-order valence-corrected chi connectivity index (χ3v) is 3.85. The van der Waals surface area contributed by atoms with Crippen molar-refractivity contribution in [2.45, 2.75) is 33.6 Å². The first-order valence-corrected chi connectivity index (χ1v) is 9.68. The van der Waals surface area contributed by atoms with E-state index >= 15 is 0 Å². The largest absolute Gasteiger partial charge is 0.490 e. The molecule has 0 aliphatic carbocycles. The Bertz CT molecular complexity index is 805. The Morgan fingerprint density at radius 1 is 0.821 bits per heavy atom. The van der Waals surface area contributed by atoms with E-state index in [4.69, 9.17) is 9.47 Å². The van der Waals surface area contributed by atoms with Crippen LogP contribution in [0.5, 0.6) is 11.5 Å². The number of carbonyl (C=O) groups is 2. The van der Waals surface area contributed by atoms with Crippen molar-refractivity contribution in [1.29, 1.82) is 0 Å². The summed E-state index contributed by atoms with van der Waals surface area (Å²) in [5.41, 5.74) is 1.50. The molecule has 0 bridgehead atoms. The molecule has 0 saturated heterocycles. The fourth-order valence-electron chi connectivity index (χ4n) is 2.51. The third kappa shape index (κ3) is 6.01. The predicted molar refractivity (Wildman–Crippen MR) is 110 cm³/mol. The van der Waals surface area contributed by atoms with Gasteiger partial charge in [-0.15, -0.1) is 0 Å². The van der Waals surface area contributed by atoms with Crippen molar-refractivity contribution in [3.05, 3.63) is 53.6 Å². The van der Waals surface area contributed by atoms with Crippen molar-refractivity contribution in [2.75, 3.05) is 25.1 Å². The highest BCUT2D eigenvalue weighted by atomic mass is 16.5. The highest BCUT2D eigenvalue weighted by Gasteiger charge is 2.13. The topological polar surface area (TPSA) is 76.7 Å². The molecule has 2 rings (SSSR count). The Hall–Kier alpha value is -3.02. The molecule has 0 fully saturated rings. The molecule has 0 aliphatic heterocycles. The molecule has 6 nitrogen and oxygen atoms in total. The summed E-state index contributed by atoms with van der Waals surface area (Å²) in [6.45, 7) is 7.58. The summed E-state index contributed by atoms with van der Waals surface area (Å²) in [5.74, 6) is 0.729. The van der Waals surface area contributed by atoms with Crippen LogP contribution in [0, 0.1) is 0 Å². The zero-order valence-corrected chi connectivity index (χ0v) is 16.7. The van der Waals surface area contributed by atoms with E-state index in [1.54, 1.807) is 42.5 Å². The number of amides is 2. The summed E-state index contributed by atoms with van der Waals surface area (Å²) in [7, 11) is 0. The summed E-state index contributed by atoms with van der Waals surface area (Å²) < 4.78 is 11.4. The molecule has 0 saturated carbocycles. The number of carbonyl (C=O) groups excluding carboxylic acids is 2. The van der Waals surface area contributed by atoms with Gasteiger partial charge in [-0.05, 0) is 56.2 Å². The number of hydrogen-bond acceptors (Lipinski definition) is 4. The van der Waals surface area contributed by atoms with E-state index in [1.165, 1.54) is 0 Å². The summed E-state index contributed by atoms with van der Waals surface area (Å²) >= 11 is 0. The SMILES string of the molecule is CCCOc1ccc(C(=O)Nc2cccc(C(=O)NCC)c2)cc1OCCC. The van der Waals surface area contributed by atoms with E-state index in [9.17, 15) is 9.59 Å². The molecule has 6 heteroatoms. The van der Waals surface area contributed by atoms with Gasteiger partial charge >= 0.3 is 0 Å². The Balaban J connectivity index is 2.17. The second-order valence-electron chi connectivity index (χ2n) is 6.25. The van der Waals surface area contributed by atoms with Gasteiger partial charge in [-0.3, -0.25) is 9.59 Å². The van der Waals surface area contributed by atoms with E-state index < -0.39 is 0 Å². The molecule has 0 aromatic heterocycles. The molecule has 0 spiro atoms. The molecule has 0 heterocycles. The zero-order valence-electron chi connectivity index (χ0n) is 16.7. The first-order valence-electron chi connectivity index (χ1n) is 9.68. The van der Waals surface area contributed by atoms with Gasteiger partial charge in [0.2, 0.25) is 0 Å². The minimum Gasteiger partial charge on any atom is -0.490 e. The van der Waals surface area contributed by atoms with Crippen molar-refractivity contribution < 1.29 is 19.1 Å². The fraction of sp³-hybridized carbons (Fsp3) is 0.364. The van der Waals surface area contributed by atoms with Gasteiger partial charge in [0.15, 0.2) is 11.5 Å². The number of nitrogens with one attached hydrogen (secondary N) is 2. The van der Waals surface area contributed by atoms with E-state index in [0.717, 1.165) is 12.8 Å². The second kappa shape index (κ2) is 11.0. The van der Waals surface area contributed by atoms with Crippen molar-refractivity contribution in [3.63, 3.8) is 0 Å². The highest BCUT2D eigenvalue weighted by molar-refractivity contribution is 6.05. The smallest absolute Gasteiger partial charge is 0.255 e. The molecule has 2 N–H and O–H groups in total. The second-order valence-corrected chi connectivity index (χ2v) is 6.25. The first kappa shape index (κ1) is 21.3. The standard InChI is InChI=1S/C22H28N2O4/c1-4-12-27-19-11-10-17(15-20(19)28-13-5-2)22(26)24-18-9-7-8-16(14-18)21(25)23-6-3/h7-11,14-15H,4-6,12-13H2,1-3H3,(H,23,25)(H,24,26). The van der Waals surface area contributed by atoms with Crippen LogP contribution in [0.4, 0.5) is 5.69 Å². The van der Waals surface area contributed by atoms with Crippen LogP contribution in [0.2, 0.25) is 0 Å². The van der Waals surface area contributed by atoms with Crippen LogP contribution in [0.3, 0.4) is 0 Å². The fourth-order valence-corrected chi connectivity index (χ4v) is 2.51. The lowest BCUT2D eigenvalue weighted by molar-refractivity contribution is 0.0954. The maximum Gasteiger partial charge on any atom is 0.255 e. The molecule has 0 aliphatic rings. The quantitative estimate of drug-likeness (QED) is 0.641. The van der Waals surface area contributed by atoms with Crippen LogP contribution in [0.15, 0.2) is 42.5 Å². The zero-order chi connectivity index (χ0) is 20.4. The summed E-state index contributed by atoms with van der Waals surface area (Å²) in [6, 6.07) is 12.0. The van der Waals surface area contributed by atoms with Crippen LogP contribution in [0.1, 0.15) is 54.3 Å². The predicted octanol–water partition coefficient (Wildman–Crippen LogP) is 4.27. The molecular weight excluding hydrogens is 356 g/mol.